The molecule has 0 saturated heterocycles. The number of aromatic nitrogens is 2. The summed E-state index contributed by atoms with van der Waals surface area (Å²) in [5.74, 6) is -0.320. The van der Waals surface area contributed by atoms with Crippen LogP contribution in [-0.2, 0) is 10.7 Å². The maximum atomic E-state index is 14.7. The Morgan fingerprint density at radius 1 is 1.15 bits per heavy atom. The van der Waals surface area contributed by atoms with Crippen LogP contribution in [-0.4, -0.2) is 29.9 Å². The molecule has 2 aromatic carbocycles. The zero-order valence-electron chi connectivity index (χ0n) is 18.6. The fourth-order valence-electron chi connectivity index (χ4n) is 3.93. The Hall–Kier alpha value is -2.67. The molecule has 1 aliphatic heterocycles. The minimum Gasteiger partial charge on any atom is -0.493 e. The summed E-state index contributed by atoms with van der Waals surface area (Å²) in [5, 5.41) is 3.69. The van der Waals surface area contributed by atoms with E-state index in [1.54, 1.807) is 13.0 Å². The van der Waals surface area contributed by atoms with Crippen molar-refractivity contribution in [1.29, 1.82) is 0 Å². The van der Waals surface area contributed by atoms with Crippen molar-refractivity contribution in [3.63, 3.8) is 0 Å². The number of hydrogen-bond acceptors (Lipinski definition) is 5. The Balaban J connectivity index is 1.93. The van der Waals surface area contributed by atoms with Gasteiger partial charge in [0.2, 0.25) is 0 Å². The van der Waals surface area contributed by atoms with E-state index in [9.17, 15) is 22.1 Å². The van der Waals surface area contributed by atoms with Crippen LogP contribution in [0.25, 0.3) is 10.9 Å². The molecule has 4 rings (SSSR count). The minimum atomic E-state index is -4.57. The first-order chi connectivity index (χ1) is 15.4. The van der Waals surface area contributed by atoms with Crippen molar-refractivity contribution in [3.8, 4) is 5.75 Å². The number of anilines is 1. The fraction of sp³-hybridized carbons (Fsp3) is 0.391. The van der Waals surface area contributed by atoms with Gasteiger partial charge in [-0.3, -0.25) is 0 Å². The first-order valence-corrected chi connectivity index (χ1v) is 13.1. The van der Waals surface area contributed by atoms with Crippen molar-refractivity contribution in [2.75, 3.05) is 25.3 Å². The summed E-state index contributed by atoms with van der Waals surface area (Å²) in [6.07, 6.45) is -4.21. The van der Waals surface area contributed by atoms with E-state index in [1.165, 1.54) is 31.5 Å². The molecule has 2 unspecified atom stereocenters. The first kappa shape index (κ1) is 23.5. The quantitative estimate of drug-likeness (QED) is 0.336. The number of rotatable bonds is 1. The Kier molecular flexibility index (Phi) is 5.89. The van der Waals surface area contributed by atoms with Crippen LogP contribution in [0.3, 0.4) is 0 Å². The topological polar surface area (TPSA) is 64.1 Å². The third-order valence-electron chi connectivity index (χ3n) is 5.77. The lowest BCUT2D eigenvalue weighted by Crippen LogP contribution is -2.15. The fourth-order valence-corrected chi connectivity index (χ4v) is 4.95. The van der Waals surface area contributed by atoms with Crippen molar-refractivity contribution in [2.45, 2.75) is 38.4 Å². The van der Waals surface area contributed by atoms with E-state index in [-0.39, 0.29) is 23.6 Å². The average molecular weight is 481 g/mol. The van der Waals surface area contributed by atoms with Crippen molar-refractivity contribution in [1.82, 2.24) is 9.97 Å². The SMILES string of the molecule is CC1CCOc2c(cccc2C(F)(F)F)C(C)Nc2nc1nc1cc(F)c(P(C)(C)=O)cc21. The second kappa shape index (κ2) is 8.28. The largest absolute Gasteiger partial charge is 0.493 e. The lowest BCUT2D eigenvalue weighted by molar-refractivity contribution is -0.139. The molecule has 1 aromatic heterocycles. The van der Waals surface area contributed by atoms with Gasteiger partial charge in [-0.25, -0.2) is 14.4 Å². The van der Waals surface area contributed by atoms with Crippen molar-refractivity contribution in [3.05, 3.63) is 53.1 Å². The first-order valence-electron chi connectivity index (χ1n) is 10.5. The van der Waals surface area contributed by atoms with E-state index in [1.807, 2.05) is 6.92 Å². The predicted molar refractivity (Wildman–Crippen MR) is 121 cm³/mol. The van der Waals surface area contributed by atoms with Gasteiger partial charge in [0.05, 0.1) is 23.7 Å². The van der Waals surface area contributed by atoms with Crippen molar-refractivity contribution >= 4 is 29.2 Å². The summed E-state index contributed by atoms with van der Waals surface area (Å²) in [5.41, 5.74) is -0.183. The summed E-state index contributed by atoms with van der Waals surface area (Å²) < 4.78 is 74.1. The molecule has 33 heavy (non-hydrogen) atoms. The van der Waals surface area contributed by atoms with E-state index >= 15 is 0 Å². The second-order valence-corrected chi connectivity index (χ2v) is 11.9. The van der Waals surface area contributed by atoms with Crippen LogP contribution in [0.4, 0.5) is 23.4 Å². The normalized spacial score (nSPS) is 19.3. The Morgan fingerprint density at radius 3 is 2.55 bits per heavy atom. The van der Waals surface area contributed by atoms with Gasteiger partial charge in [-0.05, 0) is 38.8 Å². The highest BCUT2D eigenvalue weighted by Gasteiger charge is 2.36. The smallest absolute Gasteiger partial charge is 0.419 e. The van der Waals surface area contributed by atoms with Gasteiger partial charge in [-0.2, -0.15) is 13.2 Å². The van der Waals surface area contributed by atoms with Gasteiger partial charge in [0.25, 0.3) is 0 Å². The lowest BCUT2D eigenvalue weighted by Gasteiger charge is -2.22. The summed E-state index contributed by atoms with van der Waals surface area (Å²) >= 11 is 0. The van der Waals surface area contributed by atoms with Gasteiger partial charge in [0.1, 0.15) is 30.4 Å². The highest BCUT2D eigenvalue weighted by Crippen LogP contribution is 2.42. The molecule has 0 aliphatic carbocycles. The highest BCUT2D eigenvalue weighted by molar-refractivity contribution is 7.70. The molecule has 10 heteroatoms. The molecule has 0 radical (unpaired) electrons. The zero-order chi connectivity index (χ0) is 24.1. The van der Waals surface area contributed by atoms with E-state index in [0.29, 0.717) is 34.5 Å². The number of para-hydroxylation sites is 1. The summed E-state index contributed by atoms with van der Waals surface area (Å²) in [6, 6.07) is 6.00. The number of nitrogens with one attached hydrogen (secondary N) is 1. The van der Waals surface area contributed by atoms with Crippen LogP contribution in [0.1, 0.15) is 49.2 Å². The summed E-state index contributed by atoms with van der Waals surface area (Å²) in [7, 11) is -2.94. The van der Waals surface area contributed by atoms with Crippen LogP contribution in [0, 0.1) is 5.82 Å². The predicted octanol–water partition coefficient (Wildman–Crippen LogP) is 6.09. The van der Waals surface area contributed by atoms with E-state index in [0.717, 1.165) is 6.07 Å². The van der Waals surface area contributed by atoms with Gasteiger partial charge in [-0.1, -0.05) is 19.1 Å². The van der Waals surface area contributed by atoms with Crippen LogP contribution in [0.15, 0.2) is 30.3 Å². The molecule has 1 N–H and O–H groups in total. The molecule has 0 spiro atoms. The number of ether oxygens (including phenoxy) is 1. The van der Waals surface area contributed by atoms with E-state index in [2.05, 4.69) is 15.3 Å². The number of nitrogens with zero attached hydrogens (tertiary/aromatic N) is 2. The lowest BCUT2D eigenvalue weighted by atomic mass is 10.0. The Morgan fingerprint density at radius 2 is 1.88 bits per heavy atom. The molecule has 3 aromatic rings. The van der Waals surface area contributed by atoms with Crippen molar-refractivity contribution < 1.29 is 26.9 Å². The second-order valence-electron chi connectivity index (χ2n) is 8.73. The Labute approximate surface area is 189 Å². The molecule has 0 fully saturated rings. The van der Waals surface area contributed by atoms with Gasteiger partial charge in [0, 0.05) is 28.2 Å². The average Bonchev–Trinajstić information content (AvgIpc) is 2.72. The molecule has 2 atom stereocenters. The molecule has 176 valence electrons. The van der Waals surface area contributed by atoms with Crippen molar-refractivity contribution in [2.24, 2.45) is 0 Å². The Bertz CT molecular complexity index is 1270. The van der Waals surface area contributed by atoms with Gasteiger partial charge in [0.15, 0.2) is 0 Å². The summed E-state index contributed by atoms with van der Waals surface area (Å²) in [4.78, 5) is 9.11. The van der Waals surface area contributed by atoms with Crippen LogP contribution in [0.5, 0.6) is 5.75 Å². The van der Waals surface area contributed by atoms with Gasteiger partial charge < -0.3 is 14.6 Å². The number of halogens is 4. The van der Waals surface area contributed by atoms with E-state index < -0.39 is 30.7 Å². The third-order valence-corrected chi connectivity index (χ3v) is 7.27. The number of alkyl halides is 3. The highest BCUT2D eigenvalue weighted by atomic mass is 31.2. The molecule has 5 nitrogen and oxygen atoms in total. The number of benzene rings is 2. The molecule has 0 saturated carbocycles. The molecular formula is C23H24F4N3O2P. The van der Waals surface area contributed by atoms with Crippen LogP contribution in [0.2, 0.25) is 0 Å². The molecular weight excluding hydrogens is 457 g/mol. The van der Waals surface area contributed by atoms with Gasteiger partial charge >= 0.3 is 6.18 Å². The molecule has 0 amide bonds. The minimum absolute atomic E-state index is 0.0346. The van der Waals surface area contributed by atoms with E-state index in [4.69, 9.17) is 4.74 Å². The van der Waals surface area contributed by atoms with Gasteiger partial charge in [-0.15, -0.1) is 0 Å². The third kappa shape index (κ3) is 4.56. The number of hydrogen-bond donors (Lipinski definition) is 1. The number of fused-ring (bicyclic) bond motifs is 5. The molecule has 2 heterocycles. The van der Waals surface area contributed by atoms with Crippen LogP contribution < -0.4 is 15.4 Å². The zero-order valence-corrected chi connectivity index (χ0v) is 19.5. The summed E-state index contributed by atoms with van der Waals surface area (Å²) in [6.45, 7) is 6.51. The molecule has 1 aliphatic rings. The maximum absolute atomic E-state index is 14.7. The standard InChI is InChI=1S/C23H24F4N3O2P/c1-12-8-9-32-20-14(6-5-7-16(20)23(25,26)27)13(2)28-22-15-10-19(33(3,4)31)17(24)11-18(15)29-21(12)30-22/h5-7,10-13H,8-9H2,1-4H3,(H,28,29,30). The molecule has 2 bridgehead atoms. The monoisotopic (exact) mass is 481 g/mol. The van der Waals surface area contributed by atoms with Crippen LogP contribution >= 0.6 is 7.14 Å². The maximum Gasteiger partial charge on any atom is 0.419 e.